The molecule has 0 aromatic heterocycles. The van der Waals surface area contributed by atoms with Gasteiger partial charge in [-0.1, -0.05) is 175 Å². The molecule has 0 aliphatic rings. The molecular formula is C28H56. The van der Waals surface area contributed by atoms with Crippen LogP contribution in [0.5, 0.6) is 0 Å². The summed E-state index contributed by atoms with van der Waals surface area (Å²) in [6.07, 6.45) is 34.2. The van der Waals surface area contributed by atoms with Gasteiger partial charge in [-0.3, -0.25) is 0 Å². The van der Waals surface area contributed by atoms with Crippen LogP contribution in [0.3, 0.4) is 0 Å². The fourth-order valence-electron chi connectivity index (χ4n) is 4.34. The maximum atomic E-state index is 4.06. The number of unbranched alkanes of at least 4 members (excludes halogenated alkanes) is 20. The van der Waals surface area contributed by atoms with Crippen molar-refractivity contribution in [3.05, 3.63) is 13.8 Å². The van der Waals surface area contributed by atoms with Gasteiger partial charge in [-0.15, -0.1) is 0 Å². The molecule has 168 valence electrons. The molecule has 0 amide bonds. The molecule has 0 aromatic carbocycles. The molecule has 0 nitrogen and oxygen atoms in total. The van der Waals surface area contributed by atoms with E-state index in [1.165, 1.54) is 141 Å². The number of hydrogen-bond donors (Lipinski definition) is 0. The average molecular weight is 393 g/mol. The summed E-state index contributed by atoms with van der Waals surface area (Å²) < 4.78 is 0. The Morgan fingerprint density at radius 1 is 0.429 bits per heavy atom. The van der Waals surface area contributed by atoms with E-state index >= 15 is 0 Å². The average Bonchev–Trinajstić information content (AvgIpc) is 2.72. The third-order valence-electron chi connectivity index (χ3n) is 6.60. The van der Waals surface area contributed by atoms with Crippen LogP contribution in [0.1, 0.15) is 161 Å². The summed E-state index contributed by atoms with van der Waals surface area (Å²) in [4.78, 5) is 0. The van der Waals surface area contributed by atoms with Gasteiger partial charge < -0.3 is 0 Å². The monoisotopic (exact) mass is 392 g/mol. The van der Waals surface area contributed by atoms with Crippen LogP contribution in [0.4, 0.5) is 0 Å². The molecule has 0 aromatic rings. The van der Waals surface area contributed by atoms with Crippen molar-refractivity contribution >= 4 is 0 Å². The van der Waals surface area contributed by atoms with Crippen molar-refractivity contribution in [2.75, 3.05) is 0 Å². The Hall–Kier alpha value is 0. The zero-order valence-electron chi connectivity index (χ0n) is 20.0. The highest BCUT2D eigenvalue weighted by Crippen LogP contribution is 2.18. The van der Waals surface area contributed by atoms with Crippen molar-refractivity contribution < 1.29 is 0 Å². The summed E-state index contributed by atoms with van der Waals surface area (Å²) in [5, 5.41) is 0. The Morgan fingerprint density at radius 3 is 0.964 bits per heavy atom. The third-order valence-corrected chi connectivity index (χ3v) is 6.60. The Balaban J connectivity index is 3.03. The van der Waals surface area contributed by atoms with Gasteiger partial charge in [0.1, 0.15) is 0 Å². The molecule has 0 bridgehead atoms. The van der Waals surface area contributed by atoms with Crippen LogP contribution in [-0.4, -0.2) is 0 Å². The molecule has 0 aliphatic heterocycles. The largest absolute Gasteiger partial charge is 0.0651 e. The van der Waals surface area contributed by atoms with Crippen LogP contribution >= 0.6 is 0 Å². The molecule has 0 saturated heterocycles. The van der Waals surface area contributed by atoms with E-state index in [0.717, 1.165) is 18.8 Å². The van der Waals surface area contributed by atoms with Crippen molar-refractivity contribution in [2.24, 2.45) is 5.92 Å². The summed E-state index contributed by atoms with van der Waals surface area (Å²) in [5.74, 6) is 0.887. The first-order valence-corrected chi connectivity index (χ1v) is 13.4. The third kappa shape index (κ3) is 22.3. The van der Waals surface area contributed by atoms with Crippen molar-refractivity contribution in [3.63, 3.8) is 0 Å². The van der Waals surface area contributed by atoms with Crippen LogP contribution in [-0.2, 0) is 0 Å². The maximum absolute atomic E-state index is 4.06. The summed E-state index contributed by atoms with van der Waals surface area (Å²) in [6, 6.07) is 0. The van der Waals surface area contributed by atoms with Crippen molar-refractivity contribution in [2.45, 2.75) is 161 Å². The molecule has 0 N–H and O–H groups in total. The first-order chi connectivity index (χ1) is 13.8. The van der Waals surface area contributed by atoms with Gasteiger partial charge in [-0.2, -0.15) is 0 Å². The molecule has 0 heterocycles. The zero-order chi connectivity index (χ0) is 20.5. The van der Waals surface area contributed by atoms with E-state index in [2.05, 4.69) is 20.8 Å². The van der Waals surface area contributed by atoms with E-state index in [1.807, 2.05) is 0 Å². The van der Waals surface area contributed by atoms with Gasteiger partial charge in [-0.25, -0.2) is 0 Å². The topological polar surface area (TPSA) is 0 Å². The first kappa shape index (κ1) is 28.0. The molecule has 0 spiro atoms. The van der Waals surface area contributed by atoms with Gasteiger partial charge >= 0.3 is 0 Å². The Bertz CT molecular complexity index is 253. The summed E-state index contributed by atoms with van der Waals surface area (Å²) in [5.41, 5.74) is 0. The van der Waals surface area contributed by atoms with Gasteiger partial charge in [0.2, 0.25) is 0 Å². The summed E-state index contributed by atoms with van der Waals surface area (Å²) in [6.45, 7) is 10.3. The van der Waals surface area contributed by atoms with E-state index in [4.69, 9.17) is 0 Å². The molecule has 1 unspecified atom stereocenters. The predicted molar refractivity (Wildman–Crippen MR) is 131 cm³/mol. The molecule has 0 fully saturated rings. The van der Waals surface area contributed by atoms with Crippen molar-refractivity contribution in [1.82, 2.24) is 0 Å². The Kier molecular flexibility index (Phi) is 25.0. The minimum absolute atomic E-state index is 0.887. The number of rotatable bonds is 24. The van der Waals surface area contributed by atoms with Gasteiger partial charge in [0.15, 0.2) is 0 Å². The molecule has 0 rings (SSSR count). The van der Waals surface area contributed by atoms with Crippen LogP contribution in [0, 0.1) is 19.8 Å². The molecule has 2 radical (unpaired) electrons. The second-order valence-electron chi connectivity index (χ2n) is 9.28. The highest BCUT2D eigenvalue weighted by Gasteiger charge is 2.02. The summed E-state index contributed by atoms with van der Waals surface area (Å²) >= 11 is 0. The lowest BCUT2D eigenvalue weighted by molar-refractivity contribution is 0.440. The zero-order valence-corrected chi connectivity index (χ0v) is 20.0. The molecule has 1 atom stereocenters. The minimum atomic E-state index is 0.887. The Morgan fingerprint density at radius 2 is 0.714 bits per heavy atom. The Labute approximate surface area is 181 Å². The lowest BCUT2D eigenvalue weighted by Crippen LogP contribution is -1.96. The van der Waals surface area contributed by atoms with E-state index in [0.29, 0.717) is 0 Å². The molecule has 28 heavy (non-hydrogen) atoms. The standard InChI is InChI=1S/C28H56/c1-4-7-8-9-10-11-12-13-14-15-16-17-18-19-20-21-22-23-24-25-26-27-28(5-2)6-3/h28H,1-2,4-27H2,3H3. The first-order valence-electron chi connectivity index (χ1n) is 13.4. The van der Waals surface area contributed by atoms with E-state index in [9.17, 15) is 0 Å². The van der Waals surface area contributed by atoms with Crippen molar-refractivity contribution in [3.8, 4) is 0 Å². The van der Waals surface area contributed by atoms with Gasteiger partial charge in [0.25, 0.3) is 0 Å². The minimum Gasteiger partial charge on any atom is -0.0651 e. The summed E-state index contributed by atoms with van der Waals surface area (Å²) in [7, 11) is 0. The van der Waals surface area contributed by atoms with Crippen LogP contribution in [0.25, 0.3) is 0 Å². The lowest BCUT2D eigenvalue weighted by Gasteiger charge is -2.11. The normalized spacial score (nSPS) is 11.6. The lowest BCUT2D eigenvalue weighted by atomic mass is 9.95. The van der Waals surface area contributed by atoms with Gasteiger partial charge in [-0.05, 0) is 5.92 Å². The molecule has 0 aliphatic carbocycles. The van der Waals surface area contributed by atoms with Gasteiger partial charge in [0, 0.05) is 0 Å². The fraction of sp³-hybridized carbons (Fsp3) is 0.929. The van der Waals surface area contributed by atoms with E-state index < -0.39 is 0 Å². The van der Waals surface area contributed by atoms with Gasteiger partial charge in [0.05, 0.1) is 0 Å². The predicted octanol–water partition coefficient (Wildman–Crippen LogP) is 10.7. The molecular weight excluding hydrogens is 336 g/mol. The highest BCUT2D eigenvalue weighted by atomic mass is 14.1. The van der Waals surface area contributed by atoms with Crippen LogP contribution in [0.2, 0.25) is 0 Å². The highest BCUT2D eigenvalue weighted by molar-refractivity contribution is 4.59. The van der Waals surface area contributed by atoms with E-state index in [1.54, 1.807) is 0 Å². The van der Waals surface area contributed by atoms with Crippen LogP contribution in [0.15, 0.2) is 0 Å². The van der Waals surface area contributed by atoms with Crippen molar-refractivity contribution in [1.29, 1.82) is 0 Å². The van der Waals surface area contributed by atoms with Crippen LogP contribution < -0.4 is 0 Å². The second kappa shape index (κ2) is 25.0. The number of hydrogen-bond acceptors (Lipinski definition) is 0. The quantitative estimate of drug-likeness (QED) is 0.143. The smallest absolute Gasteiger partial charge is 0.0417 e. The molecule has 0 saturated carbocycles. The van der Waals surface area contributed by atoms with E-state index in [-0.39, 0.29) is 0 Å². The fourth-order valence-corrected chi connectivity index (χ4v) is 4.34. The molecule has 0 heteroatoms. The second-order valence-corrected chi connectivity index (χ2v) is 9.28. The maximum Gasteiger partial charge on any atom is -0.0417 e. The SMILES string of the molecule is [CH2]CCCCCCCCCCCCCCCCCCCCCCC(C[CH2])CC.